The molecule has 0 saturated carbocycles. The van der Waals surface area contributed by atoms with Gasteiger partial charge in [0.2, 0.25) is 0 Å². The molecule has 2 aromatic heterocycles. The minimum Gasteiger partial charge on any atom is -0.383 e. The van der Waals surface area contributed by atoms with E-state index in [1.54, 1.807) is 24.8 Å². The molecular formula is C10H13N3OS. The van der Waals surface area contributed by atoms with Crippen LogP contribution in [0.5, 0.6) is 0 Å². The van der Waals surface area contributed by atoms with E-state index in [2.05, 4.69) is 9.97 Å². The molecule has 80 valence electrons. The molecule has 0 radical (unpaired) electrons. The number of methoxy groups -OCH3 is 1. The summed E-state index contributed by atoms with van der Waals surface area (Å²) >= 11 is 1.62. The van der Waals surface area contributed by atoms with Crippen molar-refractivity contribution in [3.8, 4) is 0 Å². The molecule has 0 bridgehead atoms. The number of thiophene rings is 1. The van der Waals surface area contributed by atoms with Gasteiger partial charge in [-0.2, -0.15) is 0 Å². The lowest BCUT2D eigenvalue weighted by Gasteiger charge is -2.09. The molecule has 4 nitrogen and oxygen atoms in total. The molecule has 2 aromatic rings. The van der Waals surface area contributed by atoms with Crippen LogP contribution in [-0.2, 0) is 11.2 Å². The minimum absolute atomic E-state index is 0.00648. The van der Waals surface area contributed by atoms with Gasteiger partial charge >= 0.3 is 0 Å². The third-order valence-electron chi connectivity index (χ3n) is 2.18. The van der Waals surface area contributed by atoms with Crippen LogP contribution in [0.4, 0.5) is 0 Å². The molecule has 2 rings (SSSR count). The van der Waals surface area contributed by atoms with Crippen LogP contribution in [-0.4, -0.2) is 29.7 Å². The van der Waals surface area contributed by atoms with E-state index in [1.165, 1.54) is 0 Å². The largest absolute Gasteiger partial charge is 0.383 e. The average molecular weight is 223 g/mol. The number of rotatable bonds is 4. The van der Waals surface area contributed by atoms with Crippen LogP contribution in [0.2, 0.25) is 0 Å². The van der Waals surface area contributed by atoms with E-state index in [-0.39, 0.29) is 6.04 Å². The lowest BCUT2D eigenvalue weighted by molar-refractivity contribution is 0.180. The number of ether oxygens (including phenoxy) is 1. The first-order chi connectivity index (χ1) is 7.31. The smallest absolute Gasteiger partial charge is 0.126 e. The fraction of sp³-hybridized carbons (Fsp3) is 0.400. The zero-order valence-electron chi connectivity index (χ0n) is 8.51. The summed E-state index contributed by atoms with van der Waals surface area (Å²) in [5, 5.41) is 3.12. The van der Waals surface area contributed by atoms with Gasteiger partial charge in [-0.25, -0.2) is 9.97 Å². The first kappa shape index (κ1) is 10.5. The number of hydrogen-bond acceptors (Lipinski definition) is 5. The van der Waals surface area contributed by atoms with Gasteiger partial charge in [0, 0.05) is 25.0 Å². The lowest BCUT2D eigenvalue weighted by atomic mass is 10.1. The Bertz CT molecular complexity index is 443. The number of nitrogens with zero attached hydrogens (tertiary/aromatic N) is 2. The Morgan fingerprint density at radius 1 is 1.53 bits per heavy atom. The van der Waals surface area contributed by atoms with Crippen molar-refractivity contribution in [3.05, 3.63) is 23.5 Å². The van der Waals surface area contributed by atoms with E-state index in [0.717, 1.165) is 22.3 Å². The summed E-state index contributed by atoms with van der Waals surface area (Å²) in [6.07, 6.45) is 2.32. The van der Waals surface area contributed by atoms with Crippen molar-refractivity contribution < 1.29 is 4.74 Å². The second-order valence-electron chi connectivity index (χ2n) is 3.38. The molecule has 0 aliphatic heterocycles. The Morgan fingerprint density at radius 2 is 2.40 bits per heavy atom. The van der Waals surface area contributed by atoms with Crippen LogP contribution in [0.3, 0.4) is 0 Å². The molecule has 0 aromatic carbocycles. The highest BCUT2D eigenvalue weighted by molar-refractivity contribution is 7.16. The van der Waals surface area contributed by atoms with Crippen LogP contribution in [0, 0.1) is 0 Å². The molecular weight excluding hydrogens is 210 g/mol. The lowest BCUT2D eigenvalue weighted by Crippen LogP contribution is -2.28. The molecule has 0 fully saturated rings. The van der Waals surface area contributed by atoms with Crippen LogP contribution < -0.4 is 5.73 Å². The summed E-state index contributed by atoms with van der Waals surface area (Å²) in [5.41, 5.74) is 6.90. The van der Waals surface area contributed by atoms with Gasteiger partial charge in [-0.05, 0) is 11.4 Å². The number of hydrogen-bond donors (Lipinski definition) is 1. The Hall–Kier alpha value is -1.04. The van der Waals surface area contributed by atoms with Gasteiger partial charge in [-0.1, -0.05) is 0 Å². The molecule has 5 heteroatoms. The summed E-state index contributed by atoms with van der Waals surface area (Å²) in [7, 11) is 1.65. The van der Waals surface area contributed by atoms with Gasteiger partial charge in [0.05, 0.1) is 12.3 Å². The Morgan fingerprint density at radius 3 is 3.20 bits per heavy atom. The highest BCUT2D eigenvalue weighted by Gasteiger charge is 2.09. The van der Waals surface area contributed by atoms with E-state index in [4.69, 9.17) is 10.5 Å². The third kappa shape index (κ3) is 2.31. The third-order valence-corrected chi connectivity index (χ3v) is 3.00. The van der Waals surface area contributed by atoms with Crippen LogP contribution in [0.1, 0.15) is 5.69 Å². The Labute approximate surface area is 92.1 Å². The molecule has 15 heavy (non-hydrogen) atoms. The molecule has 0 aliphatic rings. The highest BCUT2D eigenvalue weighted by atomic mass is 32.1. The van der Waals surface area contributed by atoms with Gasteiger partial charge in [0.25, 0.3) is 0 Å². The van der Waals surface area contributed by atoms with Gasteiger partial charge in [0.1, 0.15) is 11.2 Å². The first-order valence-corrected chi connectivity index (χ1v) is 5.61. The fourth-order valence-electron chi connectivity index (χ4n) is 1.53. The molecule has 2 heterocycles. The fourth-order valence-corrected chi connectivity index (χ4v) is 2.28. The summed E-state index contributed by atoms with van der Waals surface area (Å²) in [4.78, 5) is 9.47. The molecule has 0 amide bonds. The van der Waals surface area contributed by atoms with Gasteiger partial charge in [0.15, 0.2) is 0 Å². The zero-order chi connectivity index (χ0) is 10.7. The SMILES string of the molecule is COCC(N)Cc1ncnc2sccc12. The maximum Gasteiger partial charge on any atom is 0.126 e. The Balaban J connectivity index is 2.23. The van der Waals surface area contributed by atoms with Crippen molar-refractivity contribution in [2.45, 2.75) is 12.5 Å². The monoisotopic (exact) mass is 223 g/mol. The van der Waals surface area contributed by atoms with E-state index in [1.807, 2.05) is 11.4 Å². The van der Waals surface area contributed by atoms with Crippen molar-refractivity contribution in [2.24, 2.45) is 5.73 Å². The van der Waals surface area contributed by atoms with Crippen LogP contribution >= 0.6 is 11.3 Å². The molecule has 1 atom stereocenters. The van der Waals surface area contributed by atoms with Crippen molar-refractivity contribution in [3.63, 3.8) is 0 Å². The predicted octanol–water partition coefficient (Wildman–Crippen LogP) is 1.21. The van der Waals surface area contributed by atoms with Crippen molar-refractivity contribution >= 4 is 21.6 Å². The number of nitrogens with two attached hydrogens (primary N) is 1. The van der Waals surface area contributed by atoms with Crippen molar-refractivity contribution in [1.82, 2.24) is 9.97 Å². The second kappa shape index (κ2) is 4.65. The van der Waals surface area contributed by atoms with E-state index >= 15 is 0 Å². The normalized spacial score (nSPS) is 13.2. The summed E-state index contributed by atoms with van der Waals surface area (Å²) < 4.78 is 5.00. The molecule has 0 aliphatic carbocycles. The molecule has 0 spiro atoms. The summed E-state index contributed by atoms with van der Waals surface area (Å²) in [6.45, 7) is 0.551. The van der Waals surface area contributed by atoms with Gasteiger partial charge in [-0.15, -0.1) is 11.3 Å². The predicted molar refractivity (Wildman–Crippen MR) is 61.0 cm³/mol. The van der Waals surface area contributed by atoms with Crippen LogP contribution in [0.15, 0.2) is 17.8 Å². The minimum atomic E-state index is -0.00648. The Kier molecular flexibility index (Phi) is 3.25. The maximum atomic E-state index is 5.89. The highest BCUT2D eigenvalue weighted by Crippen LogP contribution is 2.20. The summed E-state index contributed by atoms with van der Waals surface area (Å²) in [6, 6.07) is 2.03. The zero-order valence-corrected chi connectivity index (χ0v) is 9.33. The van der Waals surface area contributed by atoms with Crippen molar-refractivity contribution in [1.29, 1.82) is 0 Å². The topological polar surface area (TPSA) is 61.0 Å². The molecule has 0 saturated heterocycles. The van der Waals surface area contributed by atoms with Gasteiger partial charge < -0.3 is 10.5 Å². The van der Waals surface area contributed by atoms with Crippen molar-refractivity contribution in [2.75, 3.05) is 13.7 Å². The standard InChI is InChI=1S/C10H13N3OS/c1-14-5-7(11)4-9-8-2-3-15-10(8)13-6-12-9/h2-3,6-7H,4-5,11H2,1H3. The van der Waals surface area contributed by atoms with E-state index in [0.29, 0.717) is 6.61 Å². The van der Waals surface area contributed by atoms with Crippen LogP contribution in [0.25, 0.3) is 10.2 Å². The number of fused-ring (bicyclic) bond motifs is 1. The second-order valence-corrected chi connectivity index (χ2v) is 4.27. The summed E-state index contributed by atoms with van der Waals surface area (Å²) in [5.74, 6) is 0. The molecule has 1 unspecified atom stereocenters. The first-order valence-electron chi connectivity index (χ1n) is 4.73. The van der Waals surface area contributed by atoms with E-state index < -0.39 is 0 Å². The maximum absolute atomic E-state index is 5.89. The van der Waals surface area contributed by atoms with E-state index in [9.17, 15) is 0 Å². The molecule has 2 N–H and O–H groups in total. The average Bonchev–Trinajstić information content (AvgIpc) is 2.67. The van der Waals surface area contributed by atoms with Gasteiger partial charge in [-0.3, -0.25) is 0 Å². The number of aromatic nitrogens is 2. The quantitative estimate of drug-likeness (QED) is 0.846.